The van der Waals surface area contributed by atoms with Gasteiger partial charge in [0.1, 0.15) is 12.6 Å². The van der Waals surface area contributed by atoms with Crippen LogP contribution in [0.25, 0.3) is 10.9 Å². The van der Waals surface area contributed by atoms with E-state index < -0.39 is 12.1 Å². The number of hydrogen-bond acceptors (Lipinski definition) is 5. The molecular weight excluding hydrogens is 444 g/mol. The Balaban J connectivity index is 1.47. The van der Waals surface area contributed by atoms with Crippen LogP contribution in [-0.2, 0) is 22.6 Å². The molecule has 1 saturated heterocycles. The summed E-state index contributed by atoms with van der Waals surface area (Å²) in [6.07, 6.45) is 0.402. The number of carbonyl (C=O) groups is 2. The molecule has 6 rings (SSSR count). The van der Waals surface area contributed by atoms with E-state index in [0.29, 0.717) is 18.5 Å². The Labute approximate surface area is 201 Å². The van der Waals surface area contributed by atoms with Gasteiger partial charge in [0.05, 0.1) is 11.7 Å². The van der Waals surface area contributed by atoms with Gasteiger partial charge in [0.2, 0.25) is 11.8 Å². The van der Waals surface area contributed by atoms with Crippen molar-refractivity contribution >= 4 is 28.4 Å². The molecule has 1 fully saturated rings. The van der Waals surface area contributed by atoms with Crippen molar-refractivity contribution < 1.29 is 14.8 Å². The number of anilines is 1. The minimum absolute atomic E-state index is 0.0241. The molecule has 1 unspecified atom stereocenters. The van der Waals surface area contributed by atoms with Crippen LogP contribution in [0.1, 0.15) is 28.4 Å². The third-order valence-corrected chi connectivity index (χ3v) is 6.97. The largest absolute Gasteiger partial charge is 0.733 e. The molecule has 0 radical (unpaired) electrons. The molecule has 3 aromatic carbocycles. The minimum atomic E-state index is -0.669. The highest BCUT2D eigenvalue weighted by Gasteiger charge is 2.48. The second-order valence-corrected chi connectivity index (χ2v) is 9.03. The van der Waals surface area contributed by atoms with Crippen LogP contribution >= 0.6 is 0 Å². The van der Waals surface area contributed by atoms with Gasteiger partial charge in [-0.05, 0) is 34.9 Å². The maximum Gasteiger partial charge on any atom is 0.246 e. The molecule has 1 aromatic heterocycles. The SMILES string of the molecule is O=C1[C@@H]2Cc3c([nH]c4ccccc34)C(c3cccc(N([O-])O)c3)N2C(=O)CN1Cc1ccccc1. The number of benzene rings is 3. The van der Waals surface area contributed by atoms with Gasteiger partial charge >= 0.3 is 0 Å². The van der Waals surface area contributed by atoms with Crippen molar-refractivity contribution in [1.29, 1.82) is 0 Å². The monoisotopic (exact) mass is 467 g/mol. The summed E-state index contributed by atoms with van der Waals surface area (Å²) in [6, 6.07) is 22.8. The first-order valence-electron chi connectivity index (χ1n) is 11.5. The van der Waals surface area contributed by atoms with Crippen LogP contribution in [0.4, 0.5) is 5.69 Å². The summed E-state index contributed by atoms with van der Waals surface area (Å²) in [4.78, 5) is 34.1. The highest BCUT2D eigenvalue weighted by Crippen LogP contribution is 2.43. The highest BCUT2D eigenvalue weighted by atomic mass is 16.8. The molecule has 8 heteroatoms. The Kier molecular flexibility index (Phi) is 5.05. The first-order valence-corrected chi connectivity index (χ1v) is 11.5. The van der Waals surface area contributed by atoms with Crippen molar-refractivity contribution in [2.75, 3.05) is 11.8 Å². The smallest absolute Gasteiger partial charge is 0.246 e. The summed E-state index contributed by atoms with van der Waals surface area (Å²) in [5.41, 5.74) is 4.41. The van der Waals surface area contributed by atoms with Crippen LogP contribution in [0.2, 0.25) is 0 Å². The third-order valence-electron chi connectivity index (χ3n) is 6.97. The van der Waals surface area contributed by atoms with Gasteiger partial charge < -0.3 is 25.2 Å². The zero-order valence-corrected chi connectivity index (χ0v) is 18.8. The van der Waals surface area contributed by atoms with Crippen molar-refractivity contribution in [3.05, 3.63) is 106 Å². The summed E-state index contributed by atoms with van der Waals surface area (Å²) in [5, 5.41) is 21.9. The summed E-state index contributed by atoms with van der Waals surface area (Å²) in [5.74, 6) is -0.258. The molecule has 2 aliphatic heterocycles. The topological polar surface area (TPSA) is 103 Å². The predicted molar refractivity (Wildman–Crippen MR) is 130 cm³/mol. The third kappa shape index (κ3) is 3.54. The standard InChI is InChI=1S/C27H23N4O4/c32-24-16-29(15-17-7-2-1-3-8-17)27(33)23-14-21-20-11-4-5-12-22(20)28-25(21)26(30(23)24)18-9-6-10-19(13-18)31(34)35/h1-13,23,26,28,34H,14-16H2/q-1/t23-,26?/m0/s1. The van der Waals surface area contributed by atoms with Crippen LogP contribution in [-0.4, -0.2) is 44.4 Å². The number of carbonyl (C=O) groups excluding carboxylic acids is 2. The van der Waals surface area contributed by atoms with Crippen LogP contribution in [0, 0.1) is 5.21 Å². The Bertz CT molecular complexity index is 1430. The molecule has 0 aliphatic carbocycles. The summed E-state index contributed by atoms with van der Waals surface area (Å²) < 4.78 is 0. The van der Waals surface area contributed by atoms with Crippen molar-refractivity contribution in [3.63, 3.8) is 0 Å². The van der Waals surface area contributed by atoms with E-state index in [1.165, 1.54) is 6.07 Å². The predicted octanol–water partition coefficient (Wildman–Crippen LogP) is 3.75. The van der Waals surface area contributed by atoms with Crippen molar-refractivity contribution in [2.45, 2.75) is 25.0 Å². The number of nitrogens with zero attached hydrogens (tertiary/aromatic N) is 3. The van der Waals surface area contributed by atoms with Gasteiger partial charge in [-0.15, -0.1) is 0 Å². The van der Waals surface area contributed by atoms with E-state index in [0.717, 1.165) is 27.7 Å². The average molecular weight is 468 g/mol. The normalized spacial score (nSPS) is 19.6. The molecule has 0 saturated carbocycles. The molecule has 4 aromatic rings. The van der Waals surface area contributed by atoms with Crippen LogP contribution in [0.5, 0.6) is 0 Å². The van der Waals surface area contributed by atoms with Crippen LogP contribution in [0.15, 0.2) is 78.9 Å². The Morgan fingerprint density at radius 2 is 1.77 bits per heavy atom. The minimum Gasteiger partial charge on any atom is -0.733 e. The average Bonchev–Trinajstić information content (AvgIpc) is 3.25. The lowest BCUT2D eigenvalue weighted by atomic mass is 9.86. The number of aromatic amines is 1. The van der Waals surface area contributed by atoms with Gasteiger partial charge in [-0.3, -0.25) is 14.8 Å². The zero-order valence-electron chi connectivity index (χ0n) is 18.8. The van der Waals surface area contributed by atoms with Gasteiger partial charge in [-0.1, -0.05) is 60.7 Å². The van der Waals surface area contributed by atoms with E-state index in [1.54, 1.807) is 21.9 Å². The zero-order chi connectivity index (χ0) is 24.1. The maximum atomic E-state index is 13.8. The number of amides is 2. The molecule has 2 aliphatic rings. The van der Waals surface area contributed by atoms with Gasteiger partial charge in [0.15, 0.2) is 0 Å². The quantitative estimate of drug-likeness (QED) is 0.445. The molecule has 2 atom stereocenters. The molecule has 176 valence electrons. The van der Waals surface area contributed by atoms with Gasteiger partial charge in [0, 0.05) is 29.6 Å². The van der Waals surface area contributed by atoms with Crippen LogP contribution < -0.4 is 5.23 Å². The molecule has 0 bridgehead atoms. The Morgan fingerprint density at radius 1 is 1.00 bits per heavy atom. The van der Waals surface area contributed by atoms with E-state index in [-0.39, 0.29) is 29.3 Å². The lowest BCUT2D eigenvalue weighted by Crippen LogP contribution is -2.62. The Morgan fingerprint density at radius 3 is 2.57 bits per heavy atom. The number of H-pyrrole nitrogens is 1. The van der Waals surface area contributed by atoms with E-state index in [1.807, 2.05) is 60.7 Å². The van der Waals surface area contributed by atoms with E-state index in [2.05, 4.69) is 4.98 Å². The Hall–Kier alpha value is -4.14. The van der Waals surface area contributed by atoms with Crippen molar-refractivity contribution in [1.82, 2.24) is 14.8 Å². The molecule has 2 N–H and O–H groups in total. The second kappa shape index (κ2) is 8.26. The number of hydrogen-bond donors (Lipinski definition) is 2. The maximum absolute atomic E-state index is 13.8. The van der Waals surface area contributed by atoms with Crippen LogP contribution in [0.3, 0.4) is 0 Å². The number of fused-ring (bicyclic) bond motifs is 4. The number of piperazine rings is 1. The first-order chi connectivity index (χ1) is 17.0. The fourth-order valence-electron chi connectivity index (χ4n) is 5.42. The lowest BCUT2D eigenvalue weighted by Gasteiger charge is -2.47. The molecule has 35 heavy (non-hydrogen) atoms. The fraction of sp³-hybridized carbons (Fsp3) is 0.185. The molecule has 0 spiro atoms. The van der Waals surface area contributed by atoms with E-state index >= 15 is 0 Å². The molecular formula is C27H23N4O4-. The number of rotatable bonds is 4. The van der Waals surface area contributed by atoms with E-state index in [4.69, 9.17) is 0 Å². The van der Waals surface area contributed by atoms with Gasteiger partial charge in [-0.25, -0.2) is 0 Å². The first kappa shape index (κ1) is 21.4. The molecule has 3 heterocycles. The second-order valence-electron chi connectivity index (χ2n) is 9.03. The van der Waals surface area contributed by atoms with Gasteiger partial charge in [0.25, 0.3) is 0 Å². The number of aromatic nitrogens is 1. The summed E-state index contributed by atoms with van der Waals surface area (Å²) in [7, 11) is 0. The lowest BCUT2D eigenvalue weighted by molar-refractivity contribution is -0.159. The van der Waals surface area contributed by atoms with Gasteiger partial charge in [-0.2, -0.15) is 0 Å². The highest BCUT2D eigenvalue weighted by molar-refractivity contribution is 5.97. The van der Waals surface area contributed by atoms with E-state index in [9.17, 15) is 20.0 Å². The number of nitrogens with one attached hydrogen (secondary N) is 1. The molecule has 8 nitrogen and oxygen atoms in total. The van der Waals surface area contributed by atoms with Crippen molar-refractivity contribution in [2.24, 2.45) is 0 Å². The fourth-order valence-corrected chi connectivity index (χ4v) is 5.42. The summed E-state index contributed by atoms with van der Waals surface area (Å²) >= 11 is 0. The molecule has 2 amide bonds. The number of para-hydroxylation sites is 1. The van der Waals surface area contributed by atoms with Crippen molar-refractivity contribution in [3.8, 4) is 0 Å². The summed E-state index contributed by atoms with van der Waals surface area (Å²) in [6.45, 7) is 0.343.